The van der Waals surface area contributed by atoms with Crippen molar-refractivity contribution in [2.24, 2.45) is 16.8 Å². The lowest BCUT2D eigenvalue weighted by atomic mass is 10.00. The number of hydrogen-bond donors (Lipinski definition) is 2. The van der Waals surface area contributed by atoms with Crippen molar-refractivity contribution in [3.63, 3.8) is 0 Å². The fourth-order valence-corrected chi connectivity index (χ4v) is 1.13. The van der Waals surface area contributed by atoms with E-state index in [-0.39, 0.29) is 0 Å². The number of dihydropyridines is 1. The molecule has 1 rings (SSSR count). The van der Waals surface area contributed by atoms with Crippen LogP contribution in [0.5, 0.6) is 0 Å². The van der Waals surface area contributed by atoms with E-state index in [2.05, 4.69) is 31.1 Å². The van der Waals surface area contributed by atoms with E-state index in [4.69, 9.17) is 5.41 Å². The van der Waals surface area contributed by atoms with Crippen molar-refractivity contribution >= 4 is 12.4 Å². The van der Waals surface area contributed by atoms with E-state index in [9.17, 15) is 0 Å². The van der Waals surface area contributed by atoms with Gasteiger partial charge in [-0.05, 0) is 11.8 Å². The van der Waals surface area contributed by atoms with Gasteiger partial charge in [0.05, 0.1) is 5.70 Å². The smallest absolute Gasteiger partial charge is 0.0867 e. The fraction of sp³-hybridized carbons (Fsp3) is 0.500. The lowest BCUT2D eigenvalue weighted by Crippen LogP contribution is -2.13. The molecule has 0 fully saturated rings. The molecule has 3 nitrogen and oxygen atoms in total. The molecule has 0 aromatic carbocycles. The van der Waals surface area contributed by atoms with Crippen molar-refractivity contribution < 1.29 is 0 Å². The summed E-state index contributed by atoms with van der Waals surface area (Å²) in [6.07, 6.45) is 7.15. The quantitative estimate of drug-likeness (QED) is 0.680. The predicted molar refractivity (Wildman–Crippen MR) is 65.4 cm³/mol. The highest BCUT2D eigenvalue weighted by molar-refractivity contribution is 5.83. The van der Waals surface area contributed by atoms with Gasteiger partial charge in [0.2, 0.25) is 0 Å². The molecule has 1 atom stereocenters. The van der Waals surface area contributed by atoms with Gasteiger partial charge in [0.25, 0.3) is 0 Å². The van der Waals surface area contributed by atoms with Crippen LogP contribution >= 0.6 is 0 Å². The first kappa shape index (κ1) is 11.7. The van der Waals surface area contributed by atoms with Crippen LogP contribution < -0.4 is 5.32 Å². The second kappa shape index (κ2) is 5.49. The van der Waals surface area contributed by atoms with Gasteiger partial charge in [-0.3, -0.25) is 4.99 Å². The Balaban J connectivity index is 2.68. The van der Waals surface area contributed by atoms with Crippen LogP contribution in [0.25, 0.3) is 0 Å². The monoisotopic (exact) mass is 205 g/mol. The normalized spacial score (nSPS) is 18.4. The lowest BCUT2D eigenvalue weighted by molar-refractivity contribution is 0.540. The number of aliphatic imine (C=N–C) groups is 1. The van der Waals surface area contributed by atoms with Gasteiger partial charge in [0, 0.05) is 30.7 Å². The molecule has 3 heteroatoms. The first-order valence-electron chi connectivity index (χ1n) is 5.34. The first-order valence-corrected chi connectivity index (χ1v) is 5.34. The van der Waals surface area contributed by atoms with Crippen LogP contribution in [0.4, 0.5) is 0 Å². The molecule has 0 aromatic heterocycles. The Morgan fingerprint density at radius 3 is 2.80 bits per heavy atom. The summed E-state index contributed by atoms with van der Waals surface area (Å²) in [7, 11) is 0. The van der Waals surface area contributed by atoms with Crippen LogP contribution in [0, 0.1) is 17.2 Å². The Morgan fingerprint density at radius 1 is 1.47 bits per heavy atom. The number of nitrogens with one attached hydrogen (secondary N) is 2. The fourth-order valence-electron chi connectivity index (χ4n) is 1.13. The molecule has 0 aliphatic carbocycles. The topological polar surface area (TPSA) is 48.2 Å². The largest absolute Gasteiger partial charge is 0.386 e. The summed E-state index contributed by atoms with van der Waals surface area (Å²) in [6.45, 7) is 7.29. The maximum atomic E-state index is 7.26. The van der Waals surface area contributed by atoms with Crippen LogP contribution in [-0.2, 0) is 0 Å². The molecule has 1 aliphatic rings. The summed E-state index contributed by atoms with van der Waals surface area (Å²) in [6, 6.07) is 0. The zero-order chi connectivity index (χ0) is 11.3. The molecule has 0 aromatic rings. The van der Waals surface area contributed by atoms with Crippen LogP contribution in [0.3, 0.4) is 0 Å². The summed E-state index contributed by atoms with van der Waals surface area (Å²) in [4.78, 5) is 4.41. The molecule has 15 heavy (non-hydrogen) atoms. The third-order valence-corrected chi connectivity index (χ3v) is 2.63. The van der Waals surface area contributed by atoms with Crippen LogP contribution in [0.15, 0.2) is 28.5 Å². The Hall–Kier alpha value is -1.38. The maximum Gasteiger partial charge on any atom is 0.0867 e. The van der Waals surface area contributed by atoms with Crippen LogP contribution in [0.2, 0.25) is 0 Å². The first-order chi connectivity index (χ1) is 7.15. The molecular weight excluding hydrogens is 186 g/mol. The Morgan fingerprint density at radius 2 is 2.20 bits per heavy atom. The van der Waals surface area contributed by atoms with Crippen molar-refractivity contribution in [2.45, 2.75) is 20.8 Å². The van der Waals surface area contributed by atoms with Crippen molar-refractivity contribution in [1.82, 2.24) is 5.32 Å². The Bertz CT molecular complexity index is 311. The highest BCUT2D eigenvalue weighted by Crippen LogP contribution is 2.13. The molecule has 1 unspecified atom stereocenters. The van der Waals surface area contributed by atoms with Gasteiger partial charge >= 0.3 is 0 Å². The van der Waals surface area contributed by atoms with Gasteiger partial charge in [0.1, 0.15) is 0 Å². The van der Waals surface area contributed by atoms with Crippen molar-refractivity contribution in [3.05, 3.63) is 23.5 Å². The van der Waals surface area contributed by atoms with Crippen molar-refractivity contribution in [1.29, 1.82) is 5.41 Å². The summed E-state index contributed by atoms with van der Waals surface area (Å²) in [5, 5.41) is 10.4. The highest BCUT2D eigenvalue weighted by Gasteiger charge is 2.06. The van der Waals surface area contributed by atoms with Gasteiger partial charge in [-0.1, -0.05) is 26.8 Å². The summed E-state index contributed by atoms with van der Waals surface area (Å²) < 4.78 is 0. The van der Waals surface area contributed by atoms with E-state index in [1.54, 1.807) is 0 Å². The number of allylic oxidation sites excluding steroid dienone is 1. The second-order valence-electron chi connectivity index (χ2n) is 4.12. The van der Waals surface area contributed by atoms with Gasteiger partial charge in [-0.25, -0.2) is 0 Å². The number of rotatable bonds is 4. The van der Waals surface area contributed by atoms with E-state index in [1.807, 2.05) is 18.5 Å². The van der Waals surface area contributed by atoms with Gasteiger partial charge in [-0.2, -0.15) is 0 Å². The van der Waals surface area contributed by atoms with E-state index >= 15 is 0 Å². The minimum atomic E-state index is 0.458. The standard InChI is InChI=1S/C12H19N3/c1-9(2)10(3)7-15-12-8-14-5-4-11(12)6-13/h4,6-10,13-14H,5H2,1-3H3. The Kier molecular flexibility index (Phi) is 4.28. The molecule has 0 bridgehead atoms. The molecule has 0 saturated carbocycles. The van der Waals surface area contributed by atoms with Gasteiger partial charge < -0.3 is 10.7 Å². The molecule has 2 N–H and O–H groups in total. The Labute approximate surface area is 91.5 Å². The molecule has 1 aliphatic heterocycles. The van der Waals surface area contributed by atoms with E-state index in [0.29, 0.717) is 11.8 Å². The molecule has 1 heterocycles. The van der Waals surface area contributed by atoms with Gasteiger partial charge in [0.15, 0.2) is 0 Å². The zero-order valence-electron chi connectivity index (χ0n) is 9.62. The minimum absolute atomic E-state index is 0.458. The third-order valence-electron chi connectivity index (χ3n) is 2.63. The molecule has 82 valence electrons. The second-order valence-corrected chi connectivity index (χ2v) is 4.12. The van der Waals surface area contributed by atoms with Crippen molar-refractivity contribution in [3.8, 4) is 0 Å². The highest BCUT2D eigenvalue weighted by atomic mass is 14.9. The van der Waals surface area contributed by atoms with Crippen LogP contribution in [-0.4, -0.2) is 19.0 Å². The molecule has 0 saturated heterocycles. The number of nitrogens with zero attached hydrogens (tertiary/aromatic N) is 1. The molecular formula is C12H19N3. The molecule has 0 amide bonds. The van der Waals surface area contributed by atoms with Gasteiger partial charge in [-0.15, -0.1) is 0 Å². The third kappa shape index (κ3) is 3.35. The average molecular weight is 205 g/mol. The van der Waals surface area contributed by atoms with E-state index in [1.165, 1.54) is 6.21 Å². The van der Waals surface area contributed by atoms with Crippen LogP contribution in [0.1, 0.15) is 20.8 Å². The van der Waals surface area contributed by atoms with Crippen molar-refractivity contribution in [2.75, 3.05) is 6.54 Å². The SMILES string of the molecule is CC(C)C(C)C=NC1=CNCC=C1C=N. The zero-order valence-corrected chi connectivity index (χ0v) is 9.62. The van der Waals surface area contributed by atoms with E-state index < -0.39 is 0 Å². The molecule has 0 spiro atoms. The summed E-state index contributed by atoms with van der Waals surface area (Å²) in [5.41, 5.74) is 1.74. The average Bonchev–Trinajstić information content (AvgIpc) is 2.26. The summed E-state index contributed by atoms with van der Waals surface area (Å²) >= 11 is 0. The summed E-state index contributed by atoms with van der Waals surface area (Å²) in [5.74, 6) is 1.05. The lowest BCUT2D eigenvalue weighted by Gasteiger charge is -2.12. The predicted octanol–water partition coefficient (Wildman–Crippen LogP) is 2.37. The number of hydrogen-bond acceptors (Lipinski definition) is 3. The minimum Gasteiger partial charge on any atom is -0.386 e. The maximum absolute atomic E-state index is 7.26. The molecule has 0 radical (unpaired) electrons. The van der Waals surface area contributed by atoms with E-state index in [0.717, 1.165) is 17.8 Å².